The van der Waals surface area contributed by atoms with Crippen LogP contribution in [0.25, 0.3) is 5.57 Å². The first-order chi connectivity index (χ1) is 8.63. The van der Waals surface area contributed by atoms with Crippen LogP contribution in [0.2, 0.25) is 0 Å². The average Bonchev–Trinajstić information content (AvgIpc) is 2.38. The minimum Gasteiger partial charge on any atom is -0.393 e. The first kappa shape index (κ1) is 14.6. The van der Waals surface area contributed by atoms with Crippen molar-refractivity contribution in [3.05, 3.63) is 53.7 Å². The standard InChI is InChI=1S/C17H25N/c1-6-14(7-2)15-8-10-16(11-9-15)17(12-18-5)13(3)4/h8-12,14,18H,3,6-7H2,1-2,4-5H3/b17-12+. The molecule has 0 saturated heterocycles. The van der Waals surface area contributed by atoms with Crippen LogP contribution in [0.1, 0.15) is 50.7 Å². The van der Waals surface area contributed by atoms with E-state index in [4.69, 9.17) is 0 Å². The predicted molar refractivity (Wildman–Crippen MR) is 81.6 cm³/mol. The molecule has 1 heteroatoms. The van der Waals surface area contributed by atoms with Gasteiger partial charge in [-0.25, -0.2) is 0 Å². The summed E-state index contributed by atoms with van der Waals surface area (Å²) < 4.78 is 0. The first-order valence-corrected chi connectivity index (χ1v) is 6.77. The maximum absolute atomic E-state index is 4.03. The van der Waals surface area contributed by atoms with E-state index in [1.807, 2.05) is 20.2 Å². The Morgan fingerprint density at radius 3 is 2.17 bits per heavy atom. The van der Waals surface area contributed by atoms with Crippen LogP contribution >= 0.6 is 0 Å². The van der Waals surface area contributed by atoms with E-state index < -0.39 is 0 Å². The average molecular weight is 243 g/mol. The third kappa shape index (κ3) is 3.49. The van der Waals surface area contributed by atoms with Crippen LogP contribution in [-0.4, -0.2) is 7.05 Å². The van der Waals surface area contributed by atoms with Crippen molar-refractivity contribution in [2.24, 2.45) is 0 Å². The molecular weight excluding hydrogens is 218 g/mol. The summed E-state index contributed by atoms with van der Waals surface area (Å²) in [6, 6.07) is 8.90. The summed E-state index contributed by atoms with van der Waals surface area (Å²) in [7, 11) is 1.92. The van der Waals surface area contributed by atoms with Crippen molar-refractivity contribution in [2.75, 3.05) is 7.05 Å². The van der Waals surface area contributed by atoms with E-state index >= 15 is 0 Å². The van der Waals surface area contributed by atoms with Gasteiger partial charge in [0.25, 0.3) is 0 Å². The first-order valence-electron chi connectivity index (χ1n) is 6.77. The molecule has 1 N–H and O–H groups in total. The molecule has 0 bridgehead atoms. The summed E-state index contributed by atoms with van der Waals surface area (Å²) in [5.41, 5.74) is 4.93. The zero-order valence-corrected chi connectivity index (χ0v) is 12.1. The summed E-state index contributed by atoms with van der Waals surface area (Å²) in [5, 5.41) is 3.08. The SMILES string of the molecule is C=C(C)/C(=C\NC)c1ccc(C(CC)CC)cc1. The van der Waals surface area contributed by atoms with Crippen LogP contribution in [0.4, 0.5) is 0 Å². The zero-order valence-electron chi connectivity index (χ0n) is 12.1. The van der Waals surface area contributed by atoms with Gasteiger partial charge in [-0.3, -0.25) is 0 Å². The van der Waals surface area contributed by atoms with Crippen molar-refractivity contribution in [3.8, 4) is 0 Å². The molecule has 0 spiro atoms. The lowest BCUT2D eigenvalue weighted by atomic mass is 9.91. The Kier molecular flexibility index (Phi) is 5.70. The molecule has 1 aromatic carbocycles. The van der Waals surface area contributed by atoms with E-state index in [1.54, 1.807) is 0 Å². The minimum atomic E-state index is 0.681. The zero-order chi connectivity index (χ0) is 13.5. The summed E-state index contributed by atoms with van der Waals surface area (Å²) in [6.07, 6.45) is 4.42. The van der Waals surface area contributed by atoms with Crippen molar-refractivity contribution < 1.29 is 0 Å². The maximum atomic E-state index is 4.03. The topological polar surface area (TPSA) is 12.0 Å². The van der Waals surface area contributed by atoms with Crippen molar-refractivity contribution in [3.63, 3.8) is 0 Å². The Labute approximate surface area is 112 Å². The van der Waals surface area contributed by atoms with E-state index in [-0.39, 0.29) is 0 Å². The fraction of sp³-hybridized carbons (Fsp3) is 0.412. The second-order valence-corrected chi connectivity index (χ2v) is 4.76. The van der Waals surface area contributed by atoms with Crippen molar-refractivity contribution in [2.45, 2.75) is 39.5 Å². The van der Waals surface area contributed by atoms with Crippen LogP contribution < -0.4 is 5.32 Å². The van der Waals surface area contributed by atoms with Gasteiger partial charge >= 0.3 is 0 Å². The van der Waals surface area contributed by atoms with Crippen LogP contribution in [0.3, 0.4) is 0 Å². The molecule has 0 atom stereocenters. The quantitative estimate of drug-likeness (QED) is 0.712. The normalized spacial score (nSPS) is 11.7. The molecule has 0 aliphatic carbocycles. The number of benzene rings is 1. The predicted octanol–water partition coefficient (Wildman–Crippen LogP) is 4.73. The van der Waals surface area contributed by atoms with Crippen molar-refractivity contribution in [1.82, 2.24) is 5.32 Å². The van der Waals surface area contributed by atoms with E-state index in [2.05, 4.69) is 50.0 Å². The molecular formula is C17H25N. The molecule has 0 fully saturated rings. The Hall–Kier alpha value is -1.50. The van der Waals surface area contributed by atoms with Gasteiger partial charge in [0.2, 0.25) is 0 Å². The summed E-state index contributed by atoms with van der Waals surface area (Å²) in [6.45, 7) is 10.6. The van der Waals surface area contributed by atoms with Crippen LogP contribution in [0.5, 0.6) is 0 Å². The molecule has 0 radical (unpaired) electrons. The molecule has 0 aromatic heterocycles. The highest BCUT2D eigenvalue weighted by Gasteiger charge is 2.08. The molecule has 0 amide bonds. The monoisotopic (exact) mass is 243 g/mol. The number of nitrogens with one attached hydrogen (secondary N) is 1. The van der Waals surface area contributed by atoms with Gasteiger partial charge in [0.05, 0.1) is 0 Å². The number of hydrogen-bond donors (Lipinski definition) is 1. The van der Waals surface area contributed by atoms with E-state index in [1.165, 1.54) is 29.5 Å². The third-order valence-corrected chi connectivity index (χ3v) is 3.43. The molecule has 0 saturated carbocycles. The van der Waals surface area contributed by atoms with E-state index in [0.29, 0.717) is 5.92 Å². The second kappa shape index (κ2) is 7.05. The van der Waals surface area contributed by atoms with E-state index in [9.17, 15) is 0 Å². The van der Waals surface area contributed by atoms with Gasteiger partial charge in [-0.15, -0.1) is 0 Å². The summed E-state index contributed by atoms with van der Waals surface area (Å²) >= 11 is 0. The number of hydrogen-bond acceptors (Lipinski definition) is 1. The highest BCUT2D eigenvalue weighted by atomic mass is 14.8. The van der Waals surface area contributed by atoms with E-state index in [0.717, 1.165) is 5.57 Å². The fourth-order valence-corrected chi connectivity index (χ4v) is 2.29. The molecule has 0 aliphatic heterocycles. The molecule has 1 nitrogen and oxygen atoms in total. The lowest BCUT2D eigenvalue weighted by molar-refractivity contribution is 0.642. The molecule has 18 heavy (non-hydrogen) atoms. The lowest BCUT2D eigenvalue weighted by Gasteiger charge is -2.14. The molecule has 0 aliphatic rings. The molecule has 1 rings (SSSR count). The highest BCUT2D eigenvalue weighted by molar-refractivity contribution is 5.77. The number of rotatable bonds is 6. The van der Waals surface area contributed by atoms with Crippen LogP contribution in [-0.2, 0) is 0 Å². The van der Waals surface area contributed by atoms with Gasteiger partial charge in [0, 0.05) is 13.2 Å². The Morgan fingerprint density at radius 1 is 1.22 bits per heavy atom. The molecule has 98 valence electrons. The van der Waals surface area contributed by atoms with Gasteiger partial charge in [-0.2, -0.15) is 0 Å². The Bertz CT molecular complexity index is 408. The summed E-state index contributed by atoms with van der Waals surface area (Å²) in [4.78, 5) is 0. The fourth-order valence-electron chi connectivity index (χ4n) is 2.29. The third-order valence-electron chi connectivity index (χ3n) is 3.43. The smallest absolute Gasteiger partial charge is 0.00437 e. The van der Waals surface area contributed by atoms with Crippen LogP contribution in [0.15, 0.2) is 42.6 Å². The second-order valence-electron chi connectivity index (χ2n) is 4.76. The van der Waals surface area contributed by atoms with Gasteiger partial charge in [0.15, 0.2) is 0 Å². The lowest BCUT2D eigenvalue weighted by Crippen LogP contribution is -1.99. The maximum Gasteiger partial charge on any atom is 0.00437 e. The molecule has 0 unspecified atom stereocenters. The van der Waals surface area contributed by atoms with Gasteiger partial charge in [-0.1, -0.05) is 44.7 Å². The van der Waals surface area contributed by atoms with Crippen molar-refractivity contribution in [1.29, 1.82) is 0 Å². The Morgan fingerprint density at radius 2 is 1.78 bits per heavy atom. The summed E-state index contributed by atoms with van der Waals surface area (Å²) in [5.74, 6) is 0.681. The van der Waals surface area contributed by atoms with Crippen molar-refractivity contribution >= 4 is 5.57 Å². The highest BCUT2D eigenvalue weighted by Crippen LogP contribution is 2.26. The largest absolute Gasteiger partial charge is 0.393 e. The van der Waals surface area contributed by atoms with Gasteiger partial charge in [-0.05, 0) is 48.0 Å². The molecule has 1 aromatic rings. The molecule has 0 heterocycles. The minimum absolute atomic E-state index is 0.681. The number of allylic oxidation sites excluding steroid dienone is 2. The van der Waals surface area contributed by atoms with Gasteiger partial charge in [0.1, 0.15) is 0 Å². The van der Waals surface area contributed by atoms with Crippen LogP contribution in [0, 0.1) is 0 Å². The Balaban J connectivity index is 3.01. The van der Waals surface area contributed by atoms with Gasteiger partial charge < -0.3 is 5.32 Å².